The molecule has 0 fully saturated rings. The molecule has 0 amide bonds. The number of carboxylic acids is 1. The molecule has 1 aromatic rings. The number of carbonyl (C=O) groups is 2. The molecule has 21 heavy (non-hydrogen) atoms. The van der Waals surface area contributed by atoms with E-state index in [1.54, 1.807) is 0 Å². The van der Waals surface area contributed by atoms with Crippen molar-refractivity contribution in [1.82, 2.24) is 0 Å². The topological polar surface area (TPSA) is 161 Å². The third-order valence-electron chi connectivity index (χ3n) is 2.08. The van der Waals surface area contributed by atoms with E-state index in [1.165, 1.54) is 0 Å². The van der Waals surface area contributed by atoms with Gasteiger partial charge >= 0.3 is 35.5 Å². The minimum Gasteiger partial charge on any atom is -0.545 e. The number of aliphatic hydroxyl groups excluding tert-OH is 1. The molecule has 0 aliphatic rings. The zero-order chi connectivity index (χ0) is 15.5. The molecule has 0 atom stereocenters. The summed E-state index contributed by atoms with van der Waals surface area (Å²) in [6.45, 7) is -0.750. The number of benzene rings is 1. The van der Waals surface area contributed by atoms with Gasteiger partial charge in [0.15, 0.2) is 6.29 Å². The summed E-state index contributed by atoms with van der Waals surface area (Å²) in [6, 6.07) is 2.21. The number of carbonyl (C=O) groups excluding carboxylic acids is 2. The quantitative estimate of drug-likeness (QED) is 0.207. The van der Waals surface area contributed by atoms with Crippen molar-refractivity contribution in [3.63, 3.8) is 0 Å². The fourth-order valence-corrected chi connectivity index (χ4v) is 1.94. The number of esters is 1. The Hall–Kier alpha value is -1.01. The molecule has 0 radical (unpaired) electrons. The van der Waals surface area contributed by atoms with Gasteiger partial charge in [-0.25, -0.2) is 4.79 Å². The molecular formula is C10H9NaO9S. The summed E-state index contributed by atoms with van der Waals surface area (Å²) in [5.41, 5.74) is -1.29. The summed E-state index contributed by atoms with van der Waals surface area (Å²) in [5.74, 6) is -3.03. The number of ether oxygens (including phenoxy) is 1. The van der Waals surface area contributed by atoms with Crippen molar-refractivity contribution in [2.45, 2.75) is 11.2 Å². The second-order valence-electron chi connectivity index (χ2n) is 3.55. The van der Waals surface area contributed by atoms with Crippen LogP contribution in [-0.2, 0) is 14.9 Å². The van der Waals surface area contributed by atoms with Gasteiger partial charge in [-0.05, 0) is 18.2 Å². The first-order valence-electron chi connectivity index (χ1n) is 4.99. The predicted molar refractivity (Wildman–Crippen MR) is 59.1 cm³/mol. The maximum atomic E-state index is 11.4. The van der Waals surface area contributed by atoms with Crippen LogP contribution in [0.3, 0.4) is 0 Å². The molecule has 110 valence electrons. The van der Waals surface area contributed by atoms with Crippen LogP contribution >= 0.6 is 0 Å². The van der Waals surface area contributed by atoms with Crippen LogP contribution in [0.25, 0.3) is 0 Å². The van der Waals surface area contributed by atoms with Crippen LogP contribution in [0.2, 0.25) is 0 Å². The van der Waals surface area contributed by atoms with E-state index in [0.717, 1.165) is 6.07 Å². The van der Waals surface area contributed by atoms with E-state index in [9.17, 15) is 23.1 Å². The van der Waals surface area contributed by atoms with Crippen molar-refractivity contribution in [3.05, 3.63) is 29.3 Å². The normalized spacial score (nSPS) is 10.9. The minimum atomic E-state index is -4.80. The Morgan fingerprint density at radius 2 is 1.86 bits per heavy atom. The molecule has 11 heteroatoms. The van der Waals surface area contributed by atoms with Crippen molar-refractivity contribution in [1.29, 1.82) is 0 Å². The third kappa shape index (κ3) is 5.71. The van der Waals surface area contributed by atoms with E-state index in [4.69, 9.17) is 14.8 Å². The Morgan fingerprint density at radius 3 is 2.29 bits per heavy atom. The predicted octanol–water partition coefficient (Wildman–Crippen LogP) is -5.23. The van der Waals surface area contributed by atoms with Crippen molar-refractivity contribution in [2.24, 2.45) is 0 Å². The molecular weight excluding hydrogens is 319 g/mol. The first kappa shape index (κ1) is 20.0. The summed E-state index contributed by atoms with van der Waals surface area (Å²) in [4.78, 5) is 21.3. The van der Waals surface area contributed by atoms with Crippen LogP contribution in [0.4, 0.5) is 0 Å². The van der Waals surface area contributed by atoms with Crippen LogP contribution in [0, 0.1) is 0 Å². The summed E-state index contributed by atoms with van der Waals surface area (Å²) in [5, 5.41) is 27.8. The van der Waals surface area contributed by atoms with E-state index in [0.29, 0.717) is 12.1 Å². The van der Waals surface area contributed by atoms with Crippen LogP contribution in [0.5, 0.6) is 0 Å². The number of rotatable bonds is 5. The summed E-state index contributed by atoms with van der Waals surface area (Å²) < 4.78 is 35.1. The maximum absolute atomic E-state index is 11.4. The SMILES string of the molecule is O=C(OCC(O)O)c1ccc(S(=O)(=O)O)c(C(=O)[O-])c1.[Na+]. The monoisotopic (exact) mass is 328 g/mol. The largest absolute Gasteiger partial charge is 1.00 e. The molecule has 0 bridgehead atoms. The van der Waals surface area contributed by atoms with Gasteiger partial charge in [-0.1, -0.05) is 0 Å². The van der Waals surface area contributed by atoms with Crippen molar-refractivity contribution in [3.8, 4) is 0 Å². The van der Waals surface area contributed by atoms with Gasteiger partial charge < -0.3 is 24.9 Å². The average molecular weight is 328 g/mol. The van der Waals surface area contributed by atoms with Gasteiger partial charge in [0.1, 0.15) is 11.5 Å². The average Bonchev–Trinajstić information content (AvgIpc) is 2.33. The van der Waals surface area contributed by atoms with Crippen molar-refractivity contribution >= 4 is 22.1 Å². The molecule has 1 aromatic carbocycles. The maximum Gasteiger partial charge on any atom is 1.00 e. The van der Waals surface area contributed by atoms with Gasteiger partial charge in [0, 0.05) is 5.56 Å². The Bertz CT molecular complexity index is 638. The third-order valence-corrected chi connectivity index (χ3v) is 2.99. The Morgan fingerprint density at radius 1 is 1.29 bits per heavy atom. The van der Waals surface area contributed by atoms with Crippen LogP contribution < -0.4 is 34.7 Å². The van der Waals surface area contributed by atoms with E-state index in [2.05, 4.69) is 4.74 Å². The summed E-state index contributed by atoms with van der Waals surface area (Å²) in [7, 11) is -4.80. The van der Waals surface area contributed by atoms with Gasteiger partial charge in [-0.15, -0.1) is 0 Å². The van der Waals surface area contributed by atoms with Gasteiger partial charge in [-0.2, -0.15) is 8.42 Å². The molecule has 0 heterocycles. The van der Waals surface area contributed by atoms with Gasteiger partial charge in [0.05, 0.1) is 11.5 Å². The van der Waals surface area contributed by atoms with E-state index in [1.807, 2.05) is 0 Å². The number of hydrogen-bond donors (Lipinski definition) is 3. The fraction of sp³-hybridized carbons (Fsp3) is 0.200. The second kappa shape index (κ2) is 7.84. The molecule has 9 nitrogen and oxygen atoms in total. The Kier molecular flexibility index (Phi) is 7.47. The van der Waals surface area contributed by atoms with E-state index < -0.39 is 45.4 Å². The number of aliphatic hydroxyl groups is 2. The molecule has 0 unspecified atom stereocenters. The summed E-state index contributed by atoms with van der Waals surface area (Å²) in [6.07, 6.45) is -1.91. The molecule has 0 spiro atoms. The Labute approximate surface area is 141 Å². The van der Waals surface area contributed by atoms with Gasteiger partial charge in [-0.3, -0.25) is 4.55 Å². The van der Waals surface area contributed by atoms with Crippen LogP contribution in [-0.4, -0.2) is 48.0 Å². The molecule has 1 rings (SSSR count). The van der Waals surface area contributed by atoms with E-state index >= 15 is 0 Å². The molecule has 0 saturated carbocycles. The van der Waals surface area contributed by atoms with Crippen molar-refractivity contribution < 1.29 is 72.2 Å². The van der Waals surface area contributed by atoms with Crippen molar-refractivity contribution in [2.75, 3.05) is 6.61 Å². The smallest absolute Gasteiger partial charge is 0.545 e. The molecule has 0 aromatic heterocycles. The Balaban J connectivity index is 0.00000400. The van der Waals surface area contributed by atoms with Gasteiger partial charge in [0.2, 0.25) is 0 Å². The minimum absolute atomic E-state index is 0. The van der Waals surface area contributed by atoms with Crippen LogP contribution in [0.15, 0.2) is 23.1 Å². The van der Waals surface area contributed by atoms with E-state index in [-0.39, 0.29) is 35.1 Å². The number of aromatic carboxylic acids is 1. The zero-order valence-corrected chi connectivity index (χ0v) is 13.5. The molecule has 0 aliphatic carbocycles. The number of hydrogen-bond acceptors (Lipinski definition) is 8. The first-order valence-corrected chi connectivity index (χ1v) is 6.43. The fourth-order valence-electron chi connectivity index (χ4n) is 1.27. The molecule has 0 aliphatic heterocycles. The number of carboxylic acid groups (broad SMARTS) is 1. The van der Waals surface area contributed by atoms with Crippen LogP contribution in [0.1, 0.15) is 20.7 Å². The van der Waals surface area contributed by atoms with Gasteiger partial charge in [0.25, 0.3) is 10.1 Å². The molecule has 3 N–H and O–H groups in total. The standard InChI is InChI=1S/C10H10O9S.Na/c11-8(12)4-19-10(15)5-1-2-7(20(16,17)18)6(3-5)9(13)14;/h1-3,8,11-12H,4H2,(H,13,14)(H,16,17,18);/q;+1/p-1. The molecule has 0 saturated heterocycles. The summed E-state index contributed by atoms with van der Waals surface area (Å²) >= 11 is 0. The second-order valence-corrected chi connectivity index (χ2v) is 4.94. The first-order chi connectivity index (χ1) is 9.12. The zero-order valence-electron chi connectivity index (χ0n) is 10.7.